The number of hydrogen-bond acceptors (Lipinski definition) is 7. The van der Waals surface area contributed by atoms with Gasteiger partial charge in [-0.05, 0) is 51.4 Å². The SMILES string of the molecule is CC/C=C/C/C=C/C/C=C/C/C=C/C/C=C/C/C=C/CCC(=O)OC[C@H](COP(=O)(O)OCC[N+](C)(C)C)OC(=O)CCCCCCCCCCCCCCCCCCCCCC. The molecule has 2 atom stereocenters. The number of hydrogen-bond donors (Lipinski definition) is 1. The van der Waals surface area contributed by atoms with Gasteiger partial charge in [0.05, 0.1) is 27.7 Å². The van der Waals surface area contributed by atoms with Gasteiger partial charge in [0.1, 0.15) is 19.8 Å². The maximum atomic E-state index is 12.7. The minimum atomic E-state index is -4.40. The molecule has 0 aromatic carbocycles. The number of quaternary nitrogens is 1. The predicted molar refractivity (Wildman–Crippen MR) is 266 cm³/mol. The molecular weight excluding hydrogens is 810 g/mol. The van der Waals surface area contributed by atoms with Crippen molar-refractivity contribution in [3.63, 3.8) is 0 Å². The largest absolute Gasteiger partial charge is 0.472 e. The van der Waals surface area contributed by atoms with Crippen LogP contribution in [0, 0.1) is 0 Å². The average Bonchev–Trinajstić information content (AvgIpc) is 3.24. The highest BCUT2D eigenvalue weighted by molar-refractivity contribution is 7.47. The predicted octanol–water partition coefficient (Wildman–Crippen LogP) is 15.0. The van der Waals surface area contributed by atoms with Crippen LogP contribution in [0.1, 0.15) is 200 Å². The standard InChI is InChI=1S/C53H94NO8P/c1-6-8-10-12-14-16-18-20-22-24-26-28-30-32-34-36-38-40-42-44-46-53(56)62-51(50-61-63(57,58)60-48-47-54(3,4)5)49-59-52(55)45-43-41-39-37-35-33-31-29-27-25-23-21-19-17-15-13-11-9-7-2/h9,11,15,17,21,23,27,29,33,35,39,41,51H,6-8,10,12-14,16,18-20,22,24-26,28,30-32,34,36-38,40,42-50H2,1-5H3/p+1/b11-9+,17-15+,23-21+,29-27+,35-33+,41-39+/t51-/m1/s1. The highest BCUT2D eigenvalue weighted by Crippen LogP contribution is 2.43. The topological polar surface area (TPSA) is 108 Å². The van der Waals surface area contributed by atoms with E-state index in [0.29, 0.717) is 23.9 Å². The molecule has 0 aromatic heterocycles. The smallest absolute Gasteiger partial charge is 0.462 e. The monoisotopic (exact) mass is 905 g/mol. The number of phosphoric ester groups is 1. The fraction of sp³-hybridized carbons (Fsp3) is 0.736. The Bertz CT molecular complexity index is 1300. The van der Waals surface area contributed by atoms with Crippen molar-refractivity contribution in [3.05, 3.63) is 72.9 Å². The van der Waals surface area contributed by atoms with Crippen LogP contribution >= 0.6 is 7.82 Å². The summed E-state index contributed by atoms with van der Waals surface area (Å²) in [5, 5.41) is 0. The van der Waals surface area contributed by atoms with E-state index in [1.807, 2.05) is 33.3 Å². The molecule has 0 saturated carbocycles. The van der Waals surface area contributed by atoms with Crippen molar-refractivity contribution in [2.75, 3.05) is 47.5 Å². The number of carbonyl (C=O) groups excluding carboxylic acids is 2. The van der Waals surface area contributed by atoms with Crippen molar-refractivity contribution in [1.29, 1.82) is 0 Å². The summed E-state index contributed by atoms with van der Waals surface area (Å²) >= 11 is 0. The molecule has 0 rings (SSSR count). The summed E-state index contributed by atoms with van der Waals surface area (Å²) in [6, 6.07) is 0. The number of unbranched alkanes of at least 4 members (excludes halogenated alkanes) is 19. The second-order valence-corrected chi connectivity index (χ2v) is 19.3. The second-order valence-electron chi connectivity index (χ2n) is 17.8. The van der Waals surface area contributed by atoms with Crippen LogP contribution < -0.4 is 0 Å². The van der Waals surface area contributed by atoms with Crippen molar-refractivity contribution >= 4 is 19.8 Å². The van der Waals surface area contributed by atoms with E-state index < -0.39 is 32.5 Å². The number of likely N-dealkylation sites (N-methyl/N-ethyl adjacent to an activating group) is 1. The number of carbonyl (C=O) groups is 2. The van der Waals surface area contributed by atoms with Gasteiger partial charge in [0, 0.05) is 12.8 Å². The molecule has 1 N–H and O–H groups in total. The molecule has 0 aliphatic rings. The third-order valence-corrected chi connectivity index (χ3v) is 11.5. The Kier molecular flexibility index (Phi) is 42.8. The van der Waals surface area contributed by atoms with E-state index in [2.05, 4.69) is 74.6 Å². The van der Waals surface area contributed by atoms with Crippen molar-refractivity contribution < 1.29 is 42.1 Å². The van der Waals surface area contributed by atoms with Gasteiger partial charge in [-0.25, -0.2) is 4.57 Å². The molecular formula is C53H95NO8P+. The zero-order valence-electron chi connectivity index (χ0n) is 41.0. The van der Waals surface area contributed by atoms with Gasteiger partial charge in [-0.15, -0.1) is 0 Å². The lowest BCUT2D eigenvalue weighted by Crippen LogP contribution is -2.37. The van der Waals surface area contributed by atoms with E-state index in [9.17, 15) is 19.0 Å². The lowest BCUT2D eigenvalue weighted by molar-refractivity contribution is -0.870. The van der Waals surface area contributed by atoms with Crippen molar-refractivity contribution in [3.8, 4) is 0 Å². The Balaban J connectivity index is 4.37. The molecule has 0 radical (unpaired) electrons. The van der Waals surface area contributed by atoms with Gasteiger partial charge in [-0.3, -0.25) is 18.6 Å². The Morgan fingerprint density at radius 1 is 0.508 bits per heavy atom. The summed E-state index contributed by atoms with van der Waals surface area (Å²) in [6.07, 6.45) is 56.9. The molecule has 0 saturated heterocycles. The summed E-state index contributed by atoms with van der Waals surface area (Å²) in [7, 11) is 1.44. The van der Waals surface area contributed by atoms with Gasteiger partial charge < -0.3 is 18.9 Å². The first-order chi connectivity index (χ1) is 30.5. The summed E-state index contributed by atoms with van der Waals surface area (Å²) < 4.78 is 34.3. The van der Waals surface area contributed by atoms with Gasteiger partial charge in [-0.2, -0.15) is 0 Å². The fourth-order valence-electron chi connectivity index (χ4n) is 6.63. The zero-order valence-corrected chi connectivity index (χ0v) is 41.9. The van der Waals surface area contributed by atoms with E-state index in [-0.39, 0.29) is 26.1 Å². The molecule has 364 valence electrons. The van der Waals surface area contributed by atoms with Crippen LogP contribution in [0.5, 0.6) is 0 Å². The summed E-state index contributed by atoms with van der Waals surface area (Å²) in [4.78, 5) is 35.5. The van der Waals surface area contributed by atoms with E-state index in [0.717, 1.165) is 51.4 Å². The number of allylic oxidation sites excluding steroid dienone is 12. The van der Waals surface area contributed by atoms with Crippen LogP contribution in [0.4, 0.5) is 0 Å². The van der Waals surface area contributed by atoms with E-state index in [4.69, 9.17) is 18.5 Å². The minimum absolute atomic E-state index is 0.0186. The summed E-state index contributed by atoms with van der Waals surface area (Å²) in [5.74, 6) is -0.894. The van der Waals surface area contributed by atoms with Crippen LogP contribution in [-0.2, 0) is 32.7 Å². The summed E-state index contributed by atoms with van der Waals surface area (Å²) in [5.41, 5.74) is 0. The molecule has 0 aromatic rings. The van der Waals surface area contributed by atoms with Crippen molar-refractivity contribution in [1.82, 2.24) is 0 Å². The molecule has 0 bridgehead atoms. The van der Waals surface area contributed by atoms with E-state index in [1.54, 1.807) is 0 Å². The second kappa shape index (κ2) is 44.6. The molecule has 63 heavy (non-hydrogen) atoms. The van der Waals surface area contributed by atoms with Gasteiger partial charge >= 0.3 is 19.8 Å². The molecule has 0 amide bonds. The van der Waals surface area contributed by atoms with Crippen LogP contribution in [0.3, 0.4) is 0 Å². The number of esters is 2. The van der Waals surface area contributed by atoms with Crippen molar-refractivity contribution in [2.24, 2.45) is 0 Å². The van der Waals surface area contributed by atoms with Gasteiger partial charge in [0.15, 0.2) is 6.10 Å². The number of ether oxygens (including phenoxy) is 2. The maximum absolute atomic E-state index is 12.7. The highest BCUT2D eigenvalue weighted by atomic mass is 31.2. The Hall–Kier alpha value is -2.55. The Morgan fingerprint density at radius 2 is 0.905 bits per heavy atom. The summed E-state index contributed by atoms with van der Waals surface area (Å²) in [6.45, 7) is 4.24. The van der Waals surface area contributed by atoms with E-state index in [1.165, 1.54) is 109 Å². The Morgan fingerprint density at radius 3 is 1.32 bits per heavy atom. The van der Waals surface area contributed by atoms with Crippen LogP contribution in [0.15, 0.2) is 72.9 Å². The average molecular weight is 905 g/mol. The maximum Gasteiger partial charge on any atom is 0.472 e. The quantitative estimate of drug-likeness (QED) is 0.0212. The van der Waals surface area contributed by atoms with Crippen LogP contribution in [-0.4, -0.2) is 74.9 Å². The third-order valence-electron chi connectivity index (χ3n) is 10.5. The molecule has 10 heteroatoms. The van der Waals surface area contributed by atoms with Crippen LogP contribution in [0.2, 0.25) is 0 Å². The lowest BCUT2D eigenvalue weighted by atomic mass is 10.0. The molecule has 0 spiro atoms. The number of nitrogens with zero attached hydrogens (tertiary/aromatic N) is 1. The molecule has 0 fully saturated rings. The van der Waals surface area contributed by atoms with Crippen LogP contribution in [0.25, 0.3) is 0 Å². The van der Waals surface area contributed by atoms with Gasteiger partial charge in [0.2, 0.25) is 0 Å². The molecule has 1 unspecified atom stereocenters. The normalized spacial score (nSPS) is 14.1. The minimum Gasteiger partial charge on any atom is -0.462 e. The molecule has 0 aliphatic carbocycles. The fourth-order valence-corrected chi connectivity index (χ4v) is 7.37. The first-order valence-corrected chi connectivity index (χ1v) is 26.7. The molecule has 0 heterocycles. The first-order valence-electron chi connectivity index (χ1n) is 25.2. The Labute approximate surface area is 387 Å². The molecule has 9 nitrogen and oxygen atoms in total. The first kappa shape index (κ1) is 60.5. The number of rotatable bonds is 45. The third kappa shape index (κ3) is 48.7. The number of phosphoric acid groups is 1. The van der Waals surface area contributed by atoms with Crippen molar-refractivity contribution in [2.45, 2.75) is 206 Å². The van der Waals surface area contributed by atoms with Gasteiger partial charge in [0.25, 0.3) is 0 Å². The highest BCUT2D eigenvalue weighted by Gasteiger charge is 2.27. The zero-order chi connectivity index (χ0) is 46.4. The molecule has 0 aliphatic heterocycles. The van der Waals surface area contributed by atoms with E-state index >= 15 is 0 Å². The van der Waals surface area contributed by atoms with Gasteiger partial charge in [-0.1, -0.05) is 209 Å². The lowest BCUT2D eigenvalue weighted by Gasteiger charge is -2.24.